The first kappa shape index (κ1) is 34.3. The zero-order valence-corrected chi connectivity index (χ0v) is 28.7. The average Bonchev–Trinajstić information content (AvgIpc) is 3.19. The van der Waals surface area contributed by atoms with Gasteiger partial charge in [-0.25, -0.2) is 4.98 Å². The Bertz CT molecular complexity index is 1880. The number of methoxy groups -OCH3 is 3. The number of imidazole rings is 1. The van der Waals surface area contributed by atoms with Crippen LogP contribution in [0.5, 0.6) is 17.2 Å². The van der Waals surface area contributed by atoms with Crippen LogP contribution in [0.15, 0.2) is 53.3 Å². The van der Waals surface area contributed by atoms with E-state index in [2.05, 4.69) is 16.0 Å². The lowest BCUT2D eigenvalue weighted by Gasteiger charge is -2.20. The summed E-state index contributed by atoms with van der Waals surface area (Å²) in [5.74, 6) is 2.09. The highest BCUT2D eigenvalue weighted by Crippen LogP contribution is 2.50. The van der Waals surface area contributed by atoms with Crippen molar-refractivity contribution in [2.45, 2.75) is 58.5 Å². The first-order valence-electron chi connectivity index (χ1n) is 16.3. The van der Waals surface area contributed by atoms with Crippen LogP contribution in [-0.2, 0) is 29.5 Å². The molecule has 1 aromatic heterocycles. The van der Waals surface area contributed by atoms with E-state index in [1.54, 1.807) is 33.5 Å². The average molecular weight is 656 g/mol. The number of ether oxygens (including phenoxy) is 3. The van der Waals surface area contributed by atoms with Crippen molar-refractivity contribution >= 4 is 28.5 Å². The summed E-state index contributed by atoms with van der Waals surface area (Å²) in [5, 5.41) is 9.34. The Balaban J connectivity index is 1.49. The van der Waals surface area contributed by atoms with Gasteiger partial charge in [0.2, 0.25) is 23.0 Å². The Morgan fingerprint density at radius 3 is 2.44 bits per heavy atom. The highest BCUT2D eigenvalue weighted by atomic mass is 16.5. The summed E-state index contributed by atoms with van der Waals surface area (Å²) in [6.45, 7) is 5.93. The molecule has 254 valence electrons. The molecule has 4 aromatic rings. The maximum absolute atomic E-state index is 13.9. The molecule has 2 amide bonds. The van der Waals surface area contributed by atoms with Gasteiger partial charge >= 0.3 is 0 Å². The third-order valence-electron chi connectivity index (χ3n) is 8.80. The van der Waals surface area contributed by atoms with Crippen molar-refractivity contribution in [3.8, 4) is 28.4 Å². The van der Waals surface area contributed by atoms with Crippen molar-refractivity contribution in [3.63, 3.8) is 0 Å². The number of carbonyl (C=O) groups excluding carboxylic acids is 2. The summed E-state index contributed by atoms with van der Waals surface area (Å²) in [7, 11) is 6.65. The molecular formula is C37H45N5O6. The van der Waals surface area contributed by atoms with Gasteiger partial charge < -0.3 is 34.7 Å². The summed E-state index contributed by atoms with van der Waals surface area (Å²) in [4.78, 5) is 44.5. The van der Waals surface area contributed by atoms with E-state index in [-0.39, 0.29) is 28.8 Å². The standard InChI is InChI=1S/C37H45N5O6/c1-21(2)18-29(37(45)38-17-16-33-41-27-10-8-9-11-30(27)42(33)4)40-28-15-13-24-25(20-31(28)44)26(39-22(3)43)14-12-23-19-32(46-5)35(47-6)36(48-7)34(23)24/h8-11,13,15,19-21,26,29H,12,14,16-18H2,1-7H3,(H,38,45)(H,39,43)(H,40,44)/t26-,29-/m1/s1. The fraction of sp³-hybridized carbons (Fsp3) is 0.405. The van der Waals surface area contributed by atoms with Crippen LogP contribution in [0.1, 0.15) is 56.6 Å². The molecule has 5 rings (SSSR count). The molecule has 0 radical (unpaired) electrons. The molecule has 2 atom stereocenters. The molecule has 48 heavy (non-hydrogen) atoms. The van der Waals surface area contributed by atoms with Gasteiger partial charge in [0.1, 0.15) is 11.9 Å². The van der Waals surface area contributed by atoms with Gasteiger partial charge in [-0.05, 0) is 72.2 Å². The van der Waals surface area contributed by atoms with Crippen LogP contribution in [0, 0.1) is 5.92 Å². The quantitative estimate of drug-likeness (QED) is 0.196. The van der Waals surface area contributed by atoms with E-state index < -0.39 is 12.1 Å². The summed E-state index contributed by atoms with van der Waals surface area (Å²) in [5.41, 5.74) is 5.00. The van der Waals surface area contributed by atoms with Crippen molar-refractivity contribution in [2.75, 3.05) is 33.2 Å². The zero-order chi connectivity index (χ0) is 34.5. The van der Waals surface area contributed by atoms with E-state index in [4.69, 9.17) is 19.2 Å². The maximum atomic E-state index is 13.9. The fourth-order valence-electron chi connectivity index (χ4n) is 6.56. The first-order chi connectivity index (χ1) is 23.1. The molecule has 0 unspecified atom stereocenters. The van der Waals surface area contributed by atoms with Gasteiger partial charge in [-0.2, -0.15) is 0 Å². The van der Waals surface area contributed by atoms with Gasteiger partial charge in [0.15, 0.2) is 11.5 Å². The number of amides is 2. The van der Waals surface area contributed by atoms with Crippen LogP contribution in [0.25, 0.3) is 22.2 Å². The summed E-state index contributed by atoms with van der Waals surface area (Å²) in [6, 6.07) is 13.9. The summed E-state index contributed by atoms with van der Waals surface area (Å²) in [6.07, 6.45) is 2.22. The third kappa shape index (κ3) is 7.10. The first-order valence-corrected chi connectivity index (χ1v) is 16.3. The number of carbonyl (C=O) groups is 2. The minimum atomic E-state index is -0.655. The molecule has 0 saturated carbocycles. The number of hydrogen-bond donors (Lipinski definition) is 3. The number of anilines is 1. The number of nitrogens with one attached hydrogen (secondary N) is 3. The van der Waals surface area contributed by atoms with E-state index in [1.165, 1.54) is 6.92 Å². The van der Waals surface area contributed by atoms with Crippen LogP contribution in [-0.4, -0.2) is 55.3 Å². The number of para-hydroxylation sites is 2. The van der Waals surface area contributed by atoms with E-state index in [1.807, 2.05) is 61.9 Å². The van der Waals surface area contributed by atoms with Crippen molar-refractivity contribution < 1.29 is 23.8 Å². The van der Waals surface area contributed by atoms with E-state index in [0.29, 0.717) is 55.0 Å². The Morgan fingerprint density at radius 2 is 1.77 bits per heavy atom. The molecule has 0 aliphatic heterocycles. The lowest BCUT2D eigenvalue weighted by atomic mass is 9.95. The number of hydrogen-bond acceptors (Lipinski definition) is 8. The number of nitrogens with zero attached hydrogens (tertiary/aromatic N) is 2. The molecule has 0 bridgehead atoms. The molecule has 0 fully saturated rings. The number of aryl methyl sites for hydroxylation is 2. The zero-order valence-electron chi connectivity index (χ0n) is 28.7. The highest BCUT2D eigenvalue weighted by molar-refractivity contribution is 5.86. The Hall–Kier alpha value is -5.06. The van der Waals surface area contributed by atoms with Crippen LogP contribution < -0.4 is 35.6 Å². The van der Waals surface area contributed by atoms with Crippen LogP contribution in [0.4, 0.5) is 5.69 Å². The maximum Gasteiger partial charge on any atom is 0.242 e. The molecule has 3 aromatic carbocycles. The van der Waals surface area contributed by atoms with Crippen molar-refractivity contribution in [1.82, 2.24) is 20.2 Å². The second-order valence-corrected chi connectivity index (χ2v) is 12.5. The van der Waals surface area contributed by atoms with Gasteiger partial charge in [-0.1, -0.05) is 32.0 Å². The van der Waals surface area contributed by atoms with Gasteiger partial charge in [-0.15, -0.1) is 0 Å². The van der Waals surface area contributed by atoms with Crippen LogP contribution in [0.2, 0.25) is 0 Å². The topological polar surface area (TPSA) is 133 Å². The highest BCUT2D eigenvalue weighted by Gasteiger charge is 2.30. The summed E-state index contributed by atoms with van der Waals surface area (Å²) >= 11 is 0. The smallest absolute Gasteiger partial charge is 0.242 e. The van der Waals surface area contributed by atoms with Crippen molar-refractivity contribution in [2.24, 2.45) is 13.0 Å². The largest absolute Gasteiger partial charge is 0.493 e. The van der Waals surface area contributed by atoms with Crippen LogP contribution >= 0.6 is 0 Å². The van der Waals surface area contributed by atoms with Gasteiger partial charge in [0.25, 0.3) is 0 Å². The lowest BCUT2D eigenvalue weighted by molar-refractivity contribution is -0.122. The summed E-state index contributed by atoms with van der Waals surface area (Å²) < 4.78 is 19.2. The molecule has 3 N–H and O–H groups in total. The molecule has 1 aliphatic rings. The van der Waals surface area contributed by atoms with E-state index in [9.17, 15) is 14.4 Å². The lowest BCUT2D eigenvalue weighted by Crippen LogP contribution is -2.42. The second-order valence-electron chi connectivity index (χ2n) is 12.5. The normalized spacial score (nSPS) is 14.4. The number of aromatic nitrogens is 2. The molecule has 0 spiro atoms. The molecule has 0 saturated heterocycles. The molecular weight excluding hydrogens is 610 g/mol. The number of rotatable bonds is 12. The van der Waals surface area contributed by atoms with Gasteiger partial charge in [0.05, 0.1) is 44.1 Å². The van der Waals surface area contributed by atoms with Gasteiger partial charge in [-0.3, -0.25) is 14.4 Å². The molecule has 11 nitrogen and oxygen atoms in total. The predicted octanol–water partition coefficient (Wildman–Crippen LogP) is 4.94. The predicted molar refractivity (Wildman–Crippen MR) is 187 cm³/mol. The van der Waals surface area contributed by atoms with E-state index in [0.717, 1.165) is 33.5 Å². The Labute approximate surface area is 281 Å². The number of benzene rings is 2. The molecule has 1 aliphatic carbocycles. The fourth-order valence-corrected chi connectivity index (χ4v) is 6.56. The SMILES string of the molecule is COc1cc2c(c(OC)c1OC)-c1ccc(N[C@H](CC(C)C)C(=O)NCCc3nc4ccccc4n3C)c(=O)cc1[C@H](NC(C)=O)CC2. The van der Waals surface area contributed by atoms with Crippen LogP contribution in [0.3, 0.4) is 0 Å². The molecule has 1 heterocycles. The Kier molecular flexibility index (Phi) is 10.6. The molecule has 11 heteroatoms. The van der Waals surface area contributed by atoms with Crippen molar-refractivity contribution in [1.29, 1.82) is 0 Å². The third-order valence-corrected chi connectivity index (χ3v) is 8.80. The minimum absolute atomic E-state index is 0.181. The van der Waals surface area contributed by atoms with E-state index >= 15 is 0 Å². The number of fused-ring (bicyclic) bond motifs is 4. The van der Waals surface area contributed by atoms with Gasteiger partial charge in [0, 0.05) is 32.5 Å². The monoisotopic (exact) mass is 655 g/mol. The second kappa shape index (κ2) is 14.8. The minimum Gasteiger partial charge on any atom is -0.493 e. The van der Waals surface area contributed by atoms with Crippen molar-refractivity contribution in [3.05, 3.63) is 75.7 Å². The Morgan fingerprint density at radius 1 is 1.02 bits per heavy atom.